The van der Waals surface area contributed by atoms with Gasteiger partial charge in [-0.1, -0.05) is 0 Å². The van der Waals surface area contributed by atoms with Gasteiger partial charge in [0.25, 0.3) is 0 Å². The Morgan fingerprint density at radius 1 is 1.27 bits per heavy atom. The minimum absolute atomic E-state index is 0.0229. The second kappa shape index (κ2) is 4.81. The average Bonchev–Trinajstić information content (AvgIpc) is 2.99. The molecule has 0 amide bonds. The maximum Gasteiger partial charge on any atom is 0.158 e. The van der Waals surface area contributed by atoms with E-state index in [1.54, 1.807) is 0 Å². The van der Waals surface area contributed by atoms with Gasteiger partial charge < -0.3 is 14.8 Å². The lowest BCUT2D eigenvalue weighted by Gasteiger charge is -2.33. The maximum atomic E-state index is 5.97. The summed E-state index contributed by atoms with van der Waals surface area (Å²) >= 11 is 0. The molecular formula is C12H23NO2. The SMILES string of the molecule is CC(C)(CNC1CC1)OC1CCCCO1. The zero-order valence-electron chi connectivity index (χ0n) is 9.92. The Bertz CT molecular complexity index is 196. The van der Waals surface area contributed by atoms with Crippen LogP contribution in [0.1, 0.15) is 46.0 Å². The smallest absolute Gasteiger partial charge is 0.158 e. The molecule has 1 aliphatic carbocycles. The molecule has 0 aromatic carbocycles. The Morgan fingerprint density at radius 3 is 2.67 bits per heavy atom. The van der Waals surface area contributed by atoms with Crippen LogP contribution in [0.5, 0.6) is 0 Å². The quantitative estimate of drug-likeness (QED) is 0.758. The molecule has 2 fully saturated rings. The van der Waals surface area contributed by atoms with Crippen molar-refractivity contribution in [1.29, 1.82) is 0 Å². The topological polar surface area (TPSA) is 30.5 Å². The number of hydrogen-bond acceptors (Lipinski definition) is 3. The molecule has 3 nitrogen and oxygen atoms in total. The molecule has 0 spiro atoms. The molecule has 1 unspecified atom stereocenters. The third kappa shape index (κ3) is 4.09. The van der Waals surface area contributed by atoms with E-state index in [1.807, 2.05) is 0 Å². The number of nitrogens with one attached hydrogen (secondary N) is 1. The van der Waals surface area contributed by atoms with Crippen molar-refractivity contribution in [3.8, 4) is 0 Å². The van der Waals surface area contributed by atoms with E-state index >= 15 is 0 Å². The van der Waals surface area contributed by atoms with Crippen molar-refractivity contribution in [1.82, 2.24) is 5.32 Å². The molecular weight excluding hydrogens is 190 g/mol. The molecule has 1 N–H and O–H groups in total. The van der Waals surface area contributed by atoms with E-state index < -0.39 is 0 Å². The van der Waals surface area contributed by atoms with Gasteiger partial charge in [0.15, 0.2) is 6.29 Å². The zero-order chi connectivity index (χ0) is 10.7. The molecule has 88 valence electrons. The van der Waals surface area contributed by atoms with Crippen LogP contribution in [0.2, 0.25) is 0 Å². The maximum absolute atomic E-state index is 5.97. The van der Waals surface area contributed by atoms with Gasteiger partial charge in [-0.15, -0.1) is 0 Å². The Labute approximate surface area is 92.5 Å². The fourth-order valence-corrected chi connectivity index (χ4v) is 1.88. The Morgan fingerprint density at radius 2 is 2.07 bits per heavy atom. The van der Waals surface area contributed by atoms with Crippen molar-refractivity contribution in [3.05, 3.63) is 0 Å². The lowest BCUT2D eigenvalue weighted by Crippen LogP contribution is -2.42. The molecule has 1 saturated carbocycles. The third-order valence-electron chi connectivity index (χ3n) is 2.98. The van der Waals surface area contributed by atoms with E-state index in [-0.39, 0.29) is 11.9 Å². The minimum Gasteiger partial charge on any atom is -0.353 e. The van der Waals surface area contributed by atoms with Crippen LogP contribution in [0, 0.1) is 0 Å². The molecule has 0 aromatic heterocycles. The molecule has 1 aliphatic heterocycles. The third-order valence-corrected chi connectivity index (χ3v) is 2.98. The molecule has 15 heavy (non-hydrogen) atoms. The Balaban J connectivity index is 1.69. The summed E-state index contributed by atoms with van der Waals surface area (Å²) in [4.78, 5) is 0. The normalized spacial score (nSPS) is 28.0. The lowest BCUT2D eigenvalue weighted by molar-refractivity contribution is -0.213. The zero-order valence-corrected chi connectivity index (χ0v) is 9.92. The lowest BCUT2D eigenvalue weighted by atomic mass is 10.1. The van der Waals surface area contributed by atoms with Crippen LogP contribution in [0.25, 0.3) is 0 Å². The molecule has 0 radical (unpaired) electrons. The van der Waals surface area contributed by atoms with Crippen LogP contribution < -0.4 is 5.32 Å². The van der Waals surface area contributed by atoms with Gasteiger partial charge in [-0.25, -0.2) is 0 Å². The van der Waals surface area contributed by atoms with Crippen LogP contribution in [0.4, 0.5) is 0 Å². The van der Waals surface area contributed by atoms with Gasteiger partial charge in [0.1, 0.15) is 0 Å². The highest BCUT2D eigenvalue weighted by Crippen LogP contribution is 2.23. The van der Waals surface area contributed by atoms with Gasteiger partial charge in [0.05, 0.1) is 5.60 Å². The Hall–Kier alpha value is -0.120. The van der Waals surface area contributed by atoms with E-state index in [9.17, 15) is 0 Å². The van der Waals surface area contributed by atoms with Crippen molar-refractivity contribution in [2.24, 2.45) is 0 Å². The van der Waals surface area contributed by atoms with Gasteiger partial charge in [-0.05, 0) is 46.0 Å². The molecule has 1 saturated heterocycles. The average molecular weight is 213 g/mol. The molecule has 0 bridgehead atoms. The Kier molecular flexibility index (Phi) is 3.65. The molecule has 2 aliphatic rings. The molecule has 3 heteroatoms. The van der Waals surface area contributed by atoms with Crippen LogP contribution >= 0.6 is 0 Å². The number of rotatable bonds is 5. The molecule has 1 atom stereocenters. The fraction of sp³-hybridized carbons (Fsp3) is 1.00. The summed E-state index contributed by atoms with van der Waals surface area (Å²) in [6, 6.07) is 0.750. The van der Waals surface area contributed by atoms with E-state index in [1.165, 1.54) is 25.7 Å². The van der Waals surface area contributed by atoms with E-state index in [2.05, 4.69) is 19.2 Å². The van der Waals surface area contributed by atoms with Gasteiger partial charge in [0, 0.05) is 19.2 Å². The monoisotopic (exact) mass is 213 g/mol. The fourth-order valence-electron chi connectivity index (χ4n) is 1.88. The number of hydrogen-bond donors (Lipinski definition) is 1. The number of ether oxygens (including phenoxy) is 2. The predicted molar refractivity (Wildman–Crippen MR) is 59.8 cm³/mol. The molecule has 0 aromatic rings. The first-order valence-electron chi connectivity index (χ1n) is 6.18. The van der Waals surface area contributed by atoms with Crippen molar-refractivity contribution in [2.45, 2.75) is 63.9 Å². The van der Waals surface area contributed by atoms with Crippen LogP contribution in [0.15, 0.2) is 0 Å². The second-order valence-corrected chi connectivity index (χ2v) is 5.33. The highest BCUT2D eigenvalue weighted by molar-refractivity contribution is 4.84. The minimum atomic E-state index is -0.107. The van der Waals surface area contributed by atoms with Crippen molar-refractivity contribution in [3.63, 3.8) is 0 Å². The molecule has 2 rings (SSSR count). The standard InChI is InChI=1S/C12H23NO2/c1-12(2,9-13-10-6-7-10)15-11-5-3-4-8-14-11/h10-11,13H,3-9H2,1-2H3. The summed E-state index contributed by atoms with van der Waals surface area (Å²) in [6.45, 7) is 6.06. The van der Waals surface area contributed by atoms with Crippen molar-refractivity contribution < 1.29 is 9.47 Å². The van der Waals surface area contributed by atoms with E-state index in [0.29, 0.717) is 0 Å². The summed E-state index contributed by atoms with van der Waals surface area (Å²) in [5, 5.41) is 3.51. The highest BCUT2D eigenvalue weighted by Gasteiger charge is 2.28. The molecule has 1 heterocycles. The predicted octanol–water partition coefficient (Wildman–Crippen LogP) is 2.06. The van der Waals surface area contributed by atoms with Gasteiger partial charge in [-0.2, -0.15) is 0 Å². The first-order valence-corrected chi connectivity index (χ1v) is 6.18. The summed E-state index contributed by atoms with van der Waals surface area (Å²) in [5.41, 5.74) is -0.107. The van der Waals surface area contributed by atoms with E-state index in [0.717, 1.165) is 25.6 Å². The van der Waals surface area contributed by atoms with Crippen LogP contribution in [0.3, 0.4) is 0 Å². The van der Waals surface area contributed by atoms with Crippen LogP contribution in [-0.4, -0.2) is 31.1 Å². The largest absolute Gasteiger partial charge is 0.353 e. The van der Waals surface area contributed by atoms with Crippen molar-refractivity contribution in [2.75, 3.05) is 13.2 Å². The van der Waals surface area contributed by atoms with E-state index in [4.69, 9.17) is 9.47 Å². The van der Waals surface area contributed by atoms with Crippen LogP contribution in [-0.2, 0) is 9.47 Å². The summed E-state index contributed by atoms with van der Waals surface area (Å²) in [7, 11) is 0. The highest BCUT2D eigenvalue weighted by atomic mass is 16.7. The van der Waals surface area contributed by atoms with Gasteiger partial charge >= 0.3 is 0 Å². The second-order valence-electron chi connectivity index (χ2n) is 5.33. The first-order chi connectivity index (χ1) is 7.16. The van der Waals surface area contributed by atoms with Crippen molar-refractivity contribution >= 4 is 0 Å². The van der Waals surface area contributed by atoms with Gasteiger partial charge in [0.2, 0.25) is 0 Å². The van der Waals surface area contributed by atoms with Gasteiger partial charge in [-0.3, -0.25) is 0 Å². The summed E-state index contributed by atoms with van der Waals surface area (Å²) in [5.74, 6) is 0. The first kappa shape index (κ1) is 11.4. The summed E-state index contributed by atoms with van der Waals surface area (Å²) < 4.78 is 11.6. The summed E-state index contributed by atoms with van der Waals surface area (Å²) in [6.07, 6.45) is 6.14.